The molecule has 0 spiro atoms. The van der Waals surface area contributed by atoms with Gasteiger partial charge in [-0.3, -0.25) is 0 Å². The van der Waals surface area contributed by atoms with Gasteiger partial charge in [-0.15, -0.1) is 0 Å². The molecule has 0 bridgehead atoms. The number of pyridine rings is 1. The third-order valence-corrected chi connectivity index (χ3v) is 12.1. The van der Waals surface area contributed by atoms with Crippen LogP contribution in [0, 0.1) is 15.9 Å². The minimum absolute atomic E-state index is 0.0125. The molecule has 290 valence electrons. The Morgan fingerprint density at radius 1 is 0.576 bits per heavy atom. The first-order valence-electron chi connectivity index (χ1n) is 19.8. The van der Waals surface area contributed by atoms with Gasteiger partial charge in [0, 0.05) is 6.20 Å². The molecule has 0 saturated carbocycles. The number of aromatic nitrogens is 3. The summed E-state index contributed by atoms with van der Waals surface area (Å²) in [6, 6.07) is 66.9. The van der Waals surface area contributed by atoms with Crippen LogP contribution in [0.5, 0.6) is 11.5 Å². The van der Waals surface area contributed by atoms with E-state index in [-0.39, 0.29) is 5.41 Å². The van der Waals surface area contributed by atoms with Crippen LogP contribution in [0.2, 0.25) is 0 Å². The van der Waals surface area contributed by atoms with E-state index in [0.717, 1.165) is 65.5 Å². The Kier molecular flexibility index (Phi) is 9.34. The molecule has 1 aliphatic heterocycles. The maximum atomic E-state index is 6.67. The molecule has 0 aliphatic carbocycles. The Labute approximate surface area is 355 Å². The van der Waals surface area contributed by atoms with Crippen LogP contribution in [-0.4, -0.2) is 14.1 Å². The summed E-state index contributed by atoms with van der Waals surface area (Å²) < 4.78 is 12.3. The summed E-state index contributed by atoms with van der Waals surface area (Å²) in [6.45, 7) is 7.38. The van der Waals surface area contributed by atoms with Crippen molar-refractivity contribution < 1.29 is 24.1 Å². The molecular weight excluding hydrogens is 904 g/mol. The normalized spacial score (nSPS) is 12.3. The van der Waals surface area contributed by atoms with Crippen LogP contribution in [-0.2, 0) is 31.3 Å². The van der Waals surface area contributed by atoms with Gasteiger partial charge >= 0.3 is 296 Å². The number of nitrogens with zero attached hydrogens (tertiary/aromatic N) is 4. The van der Waals surface area contributed by atoms with Crippen LogP contribution >= 0.6 is 0 Å². The number of para-hydroxylation sites is 3. The van der Waals surface area contributed by atoms with E-state index in [1.54, 1.807) is 0 Å². The van der Waals surface area contributed by atoms with Crippen molar-refractivity contribution in [1.82, 2.24) is 14.1 Å². The summed E-state index contributed by atoms with van der Waals surface area (Å²) >= 11 is 2.47. The van der Waals surface area contributed by atoms with Gasteiger partial charge in [0.15, 0.2) is 0 Å². The van der Waals surface area contributed by atoms with Crippen molar-refractivity contribution in [3.8, 4) is 56.3 Å². The van der Waals surface area contributed by atoms with Crippen LogP contribution in [0.15, 0.2) is 176 Å². The first-order chi connectivity index (χ1) is 28.8. The van der Waals surface area contributed by atoms with Gasteiger partial charge in [0.25, 0.3) is 0 Å². The molecule has 0 fully saturated rings. The van der Waals surface area contributed by atoms with Crippen molar-refractivity contribution >= 4 is 22.5 Å². The van der Waals surface area contributed by atoms with Gasteiger partial charge in [0.1, 0.15) is 0 Å². The Bertz CT molecular complexity index is 3010. The van der Waals surface area contributed by atoms with Gasteiger partial charge in [-0.25, -0.2) is 0 Å². The average Bonchev–Trinajstić information content (AvgIpc) is 3.57. The maximum absolute atomic E-state index is 6.67. The van der Waals surface area contributed by atoms with Crippen molar-refractivity contribution in [2.24, 2.45) is 0 Å². The topological polar surface area (TPSA) is 35.2 Å². The molecule has 59 heavy (non-hydrogen) atoms. The van der Waals surface area contributed by atoms with E-state index >= 15 is 0 Å². The first-order valence-corrected chi connectivity index (χ1v) is 21.0. The SMILES string of the molecule is CC(C)(C)c1ccnc(N2Cc3ccccc3-c3ccc(Oc4[c-]c(-n5[c](=[Pt])n(-c6c(-c7ccccc7)cccc6-c6ccccc6)c6ccccc65)ccc4)[c-]c32)c1. The monoisotopic (exact) mass is 943 g/mol. The van der Waals surface area contributed by atoms with Crippen LogP contribution in [0.4, 0.5) is 11.5 Å². The fourth-order valence-electron chi connectivity index (χ4n) is 8.14. The third kappa shape index (κ3) is 6.76. The molecule has 0 N–H and O–H groups in total. The van der Waals surface area contributed by atoms with Crippen molar-refractivity contribution in [3.05, 3.63) is 203 Å². The van der Waals surface area contributed by atoms with Gasteiger partial charge in [-0.05, 0) is 17.0 Å². The Hall–Kier alpha value is -6.55. The average molecular weight is 944 g/mol. The van der Waals surface area contributed by atoms with E-state index in [9.17, 15) is 0 Å². The third-order valence-electron chi connectivity index (χ3n) is 11.0. The molecule has 9 aromatic rings. The van der Waals surface area contributed by atoms with Crippen molar-refractivity contribution in [1.29, 1.82) is 0 Å². The van der Waals surface area contributed by atoms with Gasteiger partial charge in [-0.1, -0.05) is 39.0 Å². The van der Waals surface area contributed by atoms with Crippen molar-refractivity contribution in [2.45, 2.75) is 32.7 Å². The van der Waals surface area contributed by atoms with Crippen molar-refractivity contribution in [2.75, 3.05) is 4.90 Å². The first kappa shape index (κ1) is 36.8. The number of anilines is 2. The number of imidazole rings is 1. The zero-order valence-electron chi connectivity index (χ0n) is 33.0. The number of benzene rings is 7. The van der Waals surface area contributed by atoms with Gasteiger partial charge in [0.2, 0.25) is 0 Å². The van der Waals surface area contributed by atoms with Crippen molar-refractivity contribution in [3.63, 3.8) is 0 Å². The second-order valence-corrected chi connectivity index (χ2v) is 16.8. The van der Waals surface area contributed by atoms with E-state index in [0.29, 0.717) is 18.0 Å². The molecule has 0 radical (unpaired) electrons. The number of hydrogen-bond donors (Lipinski definition) is 0. The number of hydrogen-bond acceptors (Lipinski definition) is 3. The second kappa shape index (κ2) is 15.0. The van der Waals surface area contributed by atoms with Gasteiger partial charge in [0.05, 0.1) is 0 Å². The van der Waals surface area contributed by atoms with Crippen LogP contribution in [0.1, 0.15) is 31.9 Å². The molecular formula is C53H40N4OPt-2. The van der Waals surface area contributed by atoms with E-state index in [1.165, 1.54) is 16.7 Å². The van der Waals surface area contributed by atoms with Crippen LogP contribution < -0.4 is 9.64 Å². The molecule has 1 aliphatic rings. The molecule has 0 unspecified atom stereocenters. The molecule has 0 atom stereocenters. The molecule has 7 aromatic carbocycles. The summed E-state index contributed by atoms with van der Waals surface area (Å²) in [4.78, 5) is 7.12. The fourth-order valence-corrected chi connectivity index (χ4v) is 9.21. The molecule has 2 aromatic heterocycles. The van der Waals surface area contributed by atoms with Crippen LogP contribution in [0.25, 0.3) is 55.8 Å². The summed E-state index contributed by atoms with van der Waals surface area (Å²) in [5, 5.41) is 0. The summed E-state index contributed by atoms with van der Waals surface area (Å²) in [7, 11) is 0. The van der Waals surface area contributed by atoms with E-state index in [1.807, 2.05) is 24.4 Å². The second-order valence-electron chi connectivity index (χ2n) is 15.8. The molecule has 6 heteroatoms. The summed E-state index contributed by atoms with van der Waals surface area (Å²) in [6.07, 6.45) is 1.91. The molecule has 5 nitrogen and oxygen atoms in total. The Morgan fingerprint density at radius 3 is 1.90 bits per heavy atom. The Morgan fingerprint density at radius 2 is 1.19 bits per heavy atom. The standard InChI is InChI=1S/C53H40N4O.Pt/c1-53(2,3)40-30-31-54-51(32-40)55-35-39-20-10-11-23-44(39)47-29-28-43(34-50(47)55)58-42-22-14-21-41(33-42)56-36-57(49-27-13-12-26-48(49)56)52-45(37-16-6-4-7-17-37)24-15-25-46(52)38-18-8-5-9-19-38;/h4-32H,35H2,1-3H3;/q-2;. The number of fused-ring (bicyclic) bond motifs is 4. The fraction of sp³-hybridized carbons (Fsp3) is 0.0943. The number of ether oxygens (including phenoxy) is 1. The zero-order chi connectivity index (χ0) is 40.1. The predicted molar refractivity (Wildman–Crippen MR) is 235 cm³/mol. The van der Waals surface area contributed by atoms with E-state index in [2.05, 4.69) is 218 Å². The molecule has 3 heterocycles. The van der Waals surface area contributed by atoms with E-state index in [4.69, 9.17) is 9.72 Å². The quantitative estimate of drug-likeness (QED) is 0.149. The summed E-state index contributed by atoms with van der Waals surface area (Å²) in [5.74, 6) is 2.10. The predicted octanol–water partition coefficient (Wildman–Crippen LogP) is 13.2. The molecule has 0 saturated heterocycles. The van der Waals surface area contributed by atoms with E-state index < -0.39 is 0 Å². The number of rotatable bonds is 7. The van der Waals surface area contributed by atoms with Gasteiger partial charge in [-0.2, -0.15) is 0 Å². The molecule has 10 rings (SSSR count). The minimum atomic E-state index is -0.0125. The van der Waals surface area contributed by atoms with Crippen LogP contribution in [0.3, 0.4) is 0 Å². The zero-order valence-corrected chi connectivity index (χ0v) is 35.2. The molecule has 0 amide bonds. The Balaban J connectivity index is 1.08. The summed E-state index contributed by atoms with van der Waals surface area (Å²) in [5.41, 5.74) is 14.5. The van der Waals surface area contributed by atoms with Gasteiger partial charge < -0.3 is 0 Å².